The molecule has 0 saturated carbocycles. The highest BCUT2D eigenvalue weighted by Gasteiger charge is 2.20. The first-order chi connectivity index (χ1) is 14.5. The standard InChI is InChI=1S/C21H17FN8/c1-11(27-20-14(10-23)19(24)29-21(25)30-20)13-9-12-5-4-6-15(22)17(12)28-18(13)16-7-2-3-8-26-16/h2-9,11H,1H3,(H5,24,25,27,29,30). The van der Waals surface area contributed by atoms with Crippen LogP contribution >= 0.6 is 0 Å². The first-order valence-electron chi connectivity index (χ1n) is 9.08. The summed E-state index contributed by atoms with van der Waals surface area (Å²) in [5, 5.41) is 13.2. The van der Waals surface area contributed by atoms with Crippen molar-refractivity contribution in [2.24, 2.45) is 0 Å². The van der Waals surface area contributed by atoms with Gasteiger partial charge in [-0.3, -0.25) is 4.98 Å². The summed E-state index contributed by atoms with van der Waals surface area (Å²) in [6.45, 7) is 1.87. The van der Waals surface area contributed by atoms with Crippen molar-refractivity contribution in [2.75, 3.05) is 16.8 Å². The van der Waals surface area contributed by atoms with Gasteiger partial charge in [0.1, 0.15) is 28.8 Å². The summed E-state index contributed by atoms with van der Waals surface area (Å²) < 4.78 is 14.4. The van der Waals surface area contributed by atoms with Crippen LogP contribution in [0.25, 0.3) is 22.3 Å². The summed E-state index contributed by atoms with van der Waals surface area (Å²) in [4.78, 5) is 16.9. The minimum Gasteiger partial charge on any atom is -0.382 e. The Hall–Kier alpha value is -4.32. The number of nitrogens with two attached hydrogens (primary N) is 2. The molecule has 0 bridgehead atoms. The fraction of sp³-hybridized carbons (Fsp3) is 0.0952. The lowest BCUT2D eigenvalue weighted by Crippen LogP contribution is -2.14. The number of rotatable bonds is 4. The van der Waals surface area contributed by atoms with Gasteiger partial charge < -0.3 is 16.8 Å². The summed E-state index contributed by atoms with van der Waals surface area (Å²) in [6, 6.07) is 13.6. The molecule has 0 aliphatic carbocycles. The van der Waals surface area contributed by atoms with Crippen LogP contribution in [0.5, 0.6) is 0 Å². The molecule has 0 fully saturated rings. The predicted molar refractivity (Wildman–Crippen MR) is 113 cm³/mol. The maximum atomic E-state index is 14.4. The van der Waals surface area contributed by atoms with Crippen LogP contribution in [-0.4, -0.2) is 19.9 Å². The minimum absolute atomic E-state index is 0.0108. The zero-order valence-corrected chi connectivity index (χ0v) is 16.0. The Bertz CT molecular complexity index is 1280. The van der Waals surface area contributed by atoms with Gasteiger partial charge in [-0.15, -0.1) is 0 Å². The van der Waals surface area contributed by atoms with Gasteiger partial charge in [0.2, 0.25) is 5.95 Å². The summed E-state index contributed by atoms with van der Waals surface area (Å²) in [5.41, 5.74) is 13.7. The highest BCUT2D eigenvalue weighted by molar-refractivity contribution is 5.84. The van der Waals surface area contributed by atoms with Crippen LogP contribution in [0.15, 0.2) is 48.7 Å². The first kappa shape index (κ1) is 19.0. The number of anilines is 3. The molecule has 8 nitrogen and oxygen atoms in total. The molecule has 3 heterocycles. The van der Waals surface area contributed by atoms with Crippen LogP contribution < -0.4 is 16.8 Å². The molecule has 30 heavy (non-hydrogen) atoms. The van der Waals surface area contributed by atoms with Crippen LogP contribution in [0.4, 0.5) is 22.0 Å². The van der Waals surface area contributed by atoms with Gasteiger partial charge in [0.05, 0.1) is 17.4 Å². The average molecular weight is 400 g/mol. The van der Waals surface area contributed by atoms with Crippen molar-refractivity contribution in [2.45, 2.75) is 13.0 Å². The number of fused-ring (bicyclic) bond motifs is 1. The largest absolute Gasteiger partial charge is 0.382 e. The van der Waals surface area contributed by atoms with Crippen molar-refractivity contribution in [3.8, 4) is 17.5 Å². The molecule has 5 N–H and O–H groups in total. The average Bonchev–Trinajstić information content (AvgIpc) is 2.73. The number of halogens is 1. The maximum Gasteiger partial charge on any atom is 0.224 e. The van der Waals surface area contributed by atoms with E-state index in [-0.39, 0.29) is 34.7 Å². The van der Waals surface area contributed by atoms with E-state index in [9.17, 15) is 9.65 Å². The fourth-order valence-corrected chi connectivity index (χ4v) is 3.21. The highest BCUT2D eigenvalue weighted by atomic mass is 19.1. The molecule has 4 rings (SSSR count). The second-order valence-corrected chi connectivity index (χ2v) is 6.62. The summed E-state index contributed by atoms with van der Waals surface area (Å²) in [5.74, 6) is -0.269. The van der Waals surface area contributed by atoms with Crippen LogP contribution in [0, 0.1) is 17.1 Å². The van der Waals surface area contributed by atoms with Crippen LogP contribution in [0.1, 0.15) is 24.1 Å². The Kier molecular flexibility index (Phi) is 4.82. The molecule has 1 atom stereocenters. The lowest BCUT2D eigenvalue weighted by atomic mass is 10.0. The zero-order chi connectivity index (χ0) is 21.3. The Labute approximate surface area is 171 Å². The number of nitrogens with zero attached hydrogens (tertiary/aromatic N) is 5. The molecule has 1 unspecified atom stereocenters. The molecule has 0 amide bonds. The summed E-state index contributed by atoms with van der Waals surface area (Å²) in [6.07, 6.45) is 1.64. The number of hydrogen-bond donors (Lipinski definition) is 3. The molecule has 0 saturated heterocycles. The van der Waals surface area contributed by atoms with Gasteiger partial charge >= 0.3 is 0 Å². The van der Waals surface area contributed by atoms with Gasteiger partial charge in [-0.05, 0) is 31.2 Å². The normalized spacial score (nSPS) is 11.8. The van der Waals surface area contributed by atoms with E-state index in [0.29, 0.717) is 16.8 Å². The van der Waals surface area contributed by atoms with Gasteiger partial charge in [0, 0.05) is 17.1 Å². The van der Waals surface area contributed by atoms with Crippen molar-refractivity contribution in [1.82, 2.24) is 19.9 Å². The fourth-order valence-electron chi connectivity index (χ4n) is 3.21. The van der Waals surface area contributed by atoms with Gasteiger partial charge in [0.15, 0.2) is 5.82 Å². The Morgan fingerprint density at radius 3 is 2.67 bits per heavy atom. The molecule has 0 aliphatic rings. The quantitative estimate of drug-likeness (QED) is 0.473. The Morgan fingerprint density at radius 2 is 1.93 bits per heavy atom. The minimum atomic E-state index is -0.417. The van der Waals surface area contributed by atoms with Crippen molar-refractivity contribution in [3.63, 3.8) is 0 Å². The van der Waals surface area contributed by atoms with E-state index in [1.54, 1.807) is 30.5 Å². The number of nitrogen functional groups attached to an aromatic ring is 2. The van der Waals surface area contributed by atoms with E-state index in [0.717, 1.165) is 5.56 Å². The van der Waals surface area contributed by atoms with Crippen molar-refractivity contribution >= 4 is 28.5 Å². The monoisotopic (exact) mass is 400 g/mol. The van der Waals surface area contributed by atoms with Crippen LogP contribution in [-0.2, 0) is 0 Å². The first-order valence-corrected chi connectivity index (χ1v) is 9.08. The van der Waals surface area contributed by atoms with Crippen molar-refractivity contribution < 1.29 is 4.39 Å². The molecule has 148 valence electrons. The molecule has 3 aromatic heterocycles. The van der Waals surface area contributed by atoms with E-state index in [2.05, 4.69) is 25.3 Å². The van der Waals surface area contributed by atoms with Gasteiger partial charge in [-0.2, -0.15) is 15.2 Å². The Balaban J connectivity index is 1.87. The van der Waals surface area contributed by atoms with E-state index in [1.807, 2.05) is 25.1 Å². The molecule has 0 radical (unpaired) electrons. The molecular formula is C21H17FN8. The SMILES string of the molecule is CC(Nc1nc(N)nc(N)c1C#N)c1cc2cccc(F)c2nc1-c1ccccn1. The number of benzene rings is 1. The molecule has 9 heteroatoms. The summed E-state index contributed by atoms with van der Waals surface area (Å²) in [7, 11) is 0. The second kappa shape index (κ2) is 7.60. The highest BCUT2D eigenvalue weighted by Crippen LogP contribution is 2.32. The van der Waals surface area contributed by atoms with Gasteiger partial charge in [0.25, 0.3) is 0 Å². The van der Waals surface area contributed by atoms with E-state index >= 15 is 0 Å². The molecular weight excluding hydrogens is 383 g/mol. The molecule has 0 spiro atoms. The molecule has 1 aromatic carbocycles. The lowest BCUT2D eigenvalue weighted by molar-refractivity contribution is 0.636. The third-order valence-corrected chi connectivity index (χ3v) is 4.62. The third kappa shape index (κ3) is 3.42. The number of hydrogen-bond acceptors (Lipinski definition) is 8. The zero-order valence-electron chi connectivity index (χ0n) is 16.0. The number of aromatic nitrogens is 4. The van der Waals surface area contributed by atoms with Crippen LogP contribution in [0.3, 0.4) is 0 Å². The lowest BCUT2D eigenvalue weighted by Gasteiger charge is -2.20. The second-order valence-electron chi connectivity index (χ2n) is 6.62. The number of pyridine rings is 2. The van der Waals surface area contributed by atoms with E-state index < -0.39 is 5.82 Å². The van der Waals surface area contributed by atoms with E-state index in [4.69, 9.17) is 11.5 Å². The predicted octanol–water partition coefficient (Wildman–Crippen LogP) is 3.44. The summed E-state index contributed by atoms with van der Waals surface area (Å²) >= 11 is 0. The third-order valence-electron chi connectivity index (χ3n) is 4.62. The molecule has 4 aromatic rings. The number of nitriles is 1. The van der Waals surface area contributed by atoms with Gasteiger partial charge in [-0.25, -0.2) is 9.37 Å². The maximum absolute atomic E-state index is 14.4. The molecule has 0 aliphatic heterocycles. The van der Waals surface area contributed by atoms with E-state index in [1.165, 1.54) is 6.07 Å². The number of nitrogens with one attached hydrogen (secondary N) is 1. The van der Waals surface area contributed by atoms with Crippen molar-refractivity contribution in [3.05, 3.63) is 65.6 Å². The topological polar surface area (TPSA) is 139 Å². The Morgan fingerprint density at radius 1 is 1.10 bits per heavy atom. The van der Waals surface area contributed by atoms with Crippen molar-refractivity contribution in [1.29, 1.82) is 5.26 Å². The smallest absolute Gasteiger partial charge is 0.224 e. The van der Waals surface area contributed by atoms with Gasteiger partial charge in [-0.1, -0.05) is 18.2 Å². The number of para-hydroxylation sites is 1. The van der Waals surface area contributed by atoms with Crippen LogP contribution in [0.2, 0.25) is 0 Å².